The molecule has 190 valence electrons. The van der Waals surface area contributed by atoms with Crippen molar-refractivity contribution in [1.29, 1.82) is 0 Å². The fourth-order valence-corrected chi connectivity index (χ4v) is 6.17. The van der Waals surface area contributed by atoms with Crippen LogP contribution >= 0.6 is 11.6 Å². The van der Waals surface area contributed by atoms with Crippen molar-refractivity contribution in [3.63, 3.8) is 0 Å². The molecule has 0 atom stereocenters. The van der Waals surface area contributed by atoms with Crippen LogP contribution in [0.5, 0.6) is 0 Å². The standard InChI is InChI=1S/C27H36ClN3O3S/c1-5-31-16-13-22(14-17-31)12-15-29-27(32)11-10-23-8-6-7-9-25(23)30(4)35(33,34)26-19-20(2)24(28)18-21(26)3/h6-11,18-19,22H,5,12-17H2,1-4H3,(H,29,32)/b11-10+. The summed E-state index contributed by atoms with van der Waals surface area (Å²) in [4.78, 5) is 15.1. The highest BCUT2D eigenvalue weighted by Gasteiger charge is 2.25. The van der Waals surface area contributed by atoms with Crippen molar-refractivity contribution >= 4 is 39.3 Å². The van der Waals surface area contributed by atoms with Crippen molar-refractivity contribution in [2.45, 2.75) is 44.9 Å². The number of nitrogens with one attached hydrogen (secondary N) is 1. The minimum atomic E-state index is -3.82. The SMILES string of the molecule is CCN1CCC(CCNC(=O)/C=C/c2ccccc2N(C)S(=O)(=O)c2cc(C)c(Cl)cc2C)CC1. The number of carbonyl (C=O) groups is 1. The van der Waals surface area contributed by atoms with E-state index in [4.69, 9.17) is 11.6 Å². The molecule has 8 heteroatoms. The molecule has 1 saturated heterocycles. The zero-order valence-corrected chi connectivity index (χ0v) is 22.6. The van der Waals surface area contributed by atoms with Crippen LogP contribution in [0.15, 0.2) is 47.4 Å². The van der Waals surface area contributed by atoms with Gasteiger partial charge in [0.1, 0.15) is 0 Å². The van der Waals surface area contributed by atoms with E-state index in [0.29, 0.717) is 39.9 Å². The Hall–Kier alpha value is -2.35. The topological polar surface area (TPSA) is 69.7 Å². The summed E-state index contributed by atoms with van der Waals surface area (Å²) >= 11 is 6.16. The number of carbonyl (C=O) groups excluding carboxylic acids is 1. The van der Waals surface area contributed by atoms with E-state index < -0.39 is 10.0 Å². The molecule has 0 aromatic heterocycles. The number of aryl methyl sites for hydroxylation is 2. The van der Waals surface area contributed by atoms with Crippen molar-refractivity contribution in [2.75, 3.05) is 37.5 Å². The monoisotopic (exact) mass is 517 g/mol. The second kappa shape index (κ2) is 12.1. The minimum absolute atomic E-state index is 0.180. The van der Waals surface area contributed by atoms with Gasteiger partial charge < -0.3 is 10.2 Å². The van der Waals surface area contributed by atoms with Crippen molar-refractivity contribution in [1.82, 2.24) is 10.2 Å². The fourth-order valence-electron chi connectivity index (χ4n) is 4.44. The summed E-state index contributed by atoms with van der Waals surface area (Å²) in [5, 5.41) is 3.50. The molecule has 1 aliphatic rings. The van der Waals surface area contributed by atoms with Gasteiger partial charge >= 0.3 is 0 Å². The van der Waals surface area contributed by atoms with Crippen molar-refractivity contribution in [3.8, 4) is 0 Å². The Bertz CT molecular complexity index is 1170. The number of rotatable bonds is 9. The third-order valence-electron chi connectivity index (χ3n) is 6.79. The smallest absolute Gasteiger partial charge is 0.264 e. The highest BCUT2D eigenvalue weighted by Crippen LogP contribution is 2.30. The van der Waals surface area contributed by atoms with E-state index in [1.165, 1.54) is 30.3 Å². The van der Waals surface area contributed by atoms with Crippen LogP contribution in [-0.4, -0.2) is 52.5 Å². The zero-order valence-electron chi connectivity index (χ0n) is 21.1. The number of para-hydroxylation sites is 1. The molecule has 0 spiro atoms. The Kier molecular flexibility index (Phi) is 9.39. The minimum Gasteiger partial charge on any atom is -0.353 e. The lowest BCUT2D eigenvalue weighted by atomic mass is 9.93. The Morgan fingerprint density at radius 2 is 1.86 bits per heavy atom. The van der Waals surface area contributed by atoms with Crippen molar-refractivity contribution in [2.24, 2.45) is 5.92 Å². The Balaban J connectivity index is 1.66. The average Bonchev–Trinajstić information content (AvgIpc) is 2.85. The first-order valence-corrected chi connectivity index (χ1v) is 14.0. The van der Waals surface area contributed by atoms with E-state index in [0.717, 1.165) is 26.1 Å². The predicted molar refractivity (Wildman–Crippen MR) is 144 cm³/mol. The first-order valence-electron chi connectivity index (χ1n) is 12.2. The Labute approximate surface area is 215 Å². The number of likely N-dealkylation sites (tertiary alicyclic amines) is 1. The summed E-state index contributed by atoms with van der Waals surface area (Å²) in [5.41, 5.74) is 2.42. The summed E-state index contributed by atoms with van der Waals surface area (Å²) < 4.78 is 28.1. The van der Waals surface area contributed by atoms with Gasteiger partial charge in [-0.3, -0.25) is 9.10 Å². The number of halogens is 1. The van der Waals surface area contributed by atoms with Crippen LogP contribution in [0.1, 0.15) is 42.9 Å². The number of piperidine rings is 1. The third-order valence-corrected chi connectivity index (χ3v) is 9.11. The molecule has 0 bridgehead atoms. The number of benzene rings is 2. The van der Waals surface area contributed by atoms with Gasteiger partial charge in [0, 0.05) is 24.7 Å². The van der Waals surface area contributed by atoms with Crippen LogP contribution < -0.4 is 9.62 Å². The molecule has 0 aliphatic carbocycles. The molecule has 1 fully saturated rings. The van der Waals surface area contributed by atoms with Gasteiger partial charge in [-0.1, -0.05) is 36.7 Å². The summed E-state index contributed by atoms with van der Waals surface area (Å²) in [5.74, 6) is 0.474. The van der Waals surface area contributed by atoms with Gasteiger partial charge in [0.25, 0.3) is 10.0 Å². The molecule has 1 amide bonds. The fraction of sp³-hybridized carbons (Fsp3) is 0.444. The molecule has 2 aromatic carbocycles. The summed E-state index contributed by atoms with van der Waals surface area (Å²) in [6, 6.07) is 10.4. The lowest BCUT2D eigenvalue weighted by Gasteiger charge is -2.30. The molecule has 3 rings (SSSR count). The van der Waals surface area contributed by atoms with Crippen LogP contribution in [-0.2, 0) is 14.8 Å². The number of nitrogens with zero attached hydrogens (tertiary/aromatic N) is 2. The van der Waals surface area contributed by atoms with Crippen LogP contribution in [0.4, 0.5) is 5.69 Å². The molecule has 1 N–H and O–H groups in total. The predicted octanol–water partition coefficient (Wildman–Crippen LogP) is 5.03. The molecule has 1 heterocycles. The molecule has 1 aliphatic heterocycles. The van der Waals surface area contributed by atoms with E-state index >= 15 is 0 Å². The van der Waals surface area contributed by atoms with E-state index in [9.17, 15) is 13.2 Å². The number of anilines is 1. The number of amides is 1. The molecule has 35 heavy (non-hydrogen) atoms. The quantitative estimate of drug-likeness (QED) is 0.473. The largest absolute Gasteiger partial charge is 0.353 e. The first-order chi connectivity index (χ1) is 16.6. The zero-order chi connectivity index (χ0) is 25.6. The lowest BCUT2D eigenvalue weighted by molar-refractivity contribution is -0.116. The normalized spacial score (nSPS) is 15.5. The molecular formula is C27H36ClN3O3S. The molecule has 6 nitrogen and oxygen atoms in total. The number of hydrogen-bond donors (Lipinski definition) is 1. The molecular weight excluding hydrogens is 482 g/mol. The van der Waals surface area contributed by atoms with Gasteiger partial charge in [-0.15, -0.1) is 0 Å². The van der Waals surface area contributed by atoms with Crippen LogP contribution in [0, 0.1) is 19.8 Å². The molecule has 0 saturated carbocycles. The highest BCUT2D eigenvalue weighted by atomic mass is 35.5. The number of hydrogen-bond acceptors (Lipinski definition) is 4. The van der Waals surface area contributed by atoms with Crippen LogP contribution in [0.2, 0.25) is 5.02 Å². The first kappa shape index (κ1) is 27.2. The van der Waals surface area contributed by atoms with Gasteiger partial charge in [-0.2, -0.15) is 0 Å². The lowest BCUT2D eigenvalue weighted by Crippen LogP contribution is -2.34. The molecule has 0 unspecified atom stereocenters. The van der Waals surface area contributed by atoms with E-state index in [1.807, 2.05) is 6.07 Å². The summed E-state index contributed by atoms with van der Waals surface area (Å²) in [7, 11) is -2.30. The second-order valence-electron chi connectivity index (χ2n) is 9.19. The van der Waals surface area contributed by atoms with Crippen LogP contribution in [0.25, 0.3) is 6.08 Å². The van der Waals surface area contributed by atoms with E-state index in [2.05, 4.69) is 17.1 Å². The van der Waals surface area contributed by atoms with Gasteiger partial charge in [-0.05, 0) is 99.6 Å². The van der Waals surface area contributed by atoms with Gasteiger partial charge in [0.05, 0.1) is 10.6 Å². The summed E-state index contributed by atoms with van der Waals surface area (Å²) in [6.45, 7) is 9.72. The maximum absolute atomic E-state index is 13.4. The molecule has 0 radical (unpaired) electrons. The third kappa shape index (κ3) is 6.87. The maximum atomic E-state index is 13.4. The Morgan fingerprint density at radius 3 is 2.54 bits per heavy atom. The van der Waals surface area contributed by atoms with Crippen molar-refractivity contribution < 1.29 is 13.2 Å². The van der Waals surface area contributed by atoms with Crippen LogP contribution in [0.3, 0.4) is 0 Å². The van der Waals surface area contributed by atoms with Gasteiger partial charge in [-0.25, -0.2) is 8.42 Å². The average molecular weight is 518 g/mol. The van der Waals surface area contributed by atoms with Gasteiger partial charge in [0.2, 0.25) is 5.91 Å². The maximum Gasteiger partial charge on any atom is 0.264 e. The van der Waals surface area contributed by atoms with E-state index in [1.54, 1.807) is 50.3 Å². The number of sulfonamides is 1. The van der Waals surface area contributed by atoms with Crippen molar-refractivity contribution in [3.05, 3.63) is 64.2 Å². The van der Waals surface area contributed by atoms with Gasteiger partial charge in [0.15, 0.2) is 0 Å². The summed E-state index contributed by atoms with van der Waals surface area (Å²) in [6.07, 6.45) is 6.47. The molecule has 2 aromatic rings. The van der Waals surface area contributed by atoms with E-state index in [-0.39, 0.29) is 10.8 Å². The Morgan fingerprint density at radius 1 is 1.17 bits per heavy atom. The second-order valence-corrected chi connectivity index (χ2v) is 11.5. The highest BCUT2D eigenvalue weighted by molar-refractivity contribution is 7.92.